The van der Waals surface area contributed by atoms with Gasteiger partial charge in [0.2, 0.25) is 0 Å². The number of aryl methyl sites for hydroxylation is 16. The highest BCUT2D eigenvalue weighted by molar-refractivity contribution is 5.86. The lowest BCUT2D eigenvalue weighted by Gasteiger charge is -1.98. The maximum atomic E-state index is 5.50. The molecule has 0 saturated carbocycles. The van der Waals surface area contributed by atoms with Crippen molar-refractivity contribution in [3.05, 3.63) is 285 Å². The number of rotatable bonds is 0. The van der Waals surface area contributed by atoms with E-state index in [1.54, 1.807) is 43.8 Å². The molecule has 8 aromatic carbocycles. The maximum Gasteiger partial charge on any atom is 0.137 e. The lowest BCUT2D eigenvalue weighted by molar-refractivity contribution is 0.576. The van der Waals surface area contributed by atoms with Crippen LogP contribution in [0.5, 0.6) is 0 Å². The van der Waals surface area contributed by atoms with E-state index in [-0.39, 0.29) is 0 Å². The molecule has 0 amide bonds. The third kappa shape index (κ3) is 15.0. The molecule has 448 valence electrons. The van der Waals surface area contributed by atoms with Crippen molar-refractivity contribution in [1.29, 1.82) is 0 Å². The van der Waals surface area contributed by atoms with Gasteiger partial charge >= 0.3 is 0 Å². The van der Waals surface area contributed by atoms with Crippen LogP contribution in [0.25, 0.3) is 87.8 Å². The van der Waals surface area contributed by atoms with E-state index >= 15 is 0 Å². The van der Waals surface area contributed by atoms with Crippen LogP contribution in [0.1, 0.15) is 89.2 Å². The minimum Gasteiger partial charge on any atom is -0.464 e. The molecule has 16 rings (SSSR count). The van der Waals surface area contributed by atoms with E-state index in [1.807, 2.05) is 43.3 Å². The van der Waals surface area contributed by atoms with Gasteiger partial charge in [0.1, 0.15) is 50.4 Å². The first-order chi connectivity index (χ1) is 42.2. The summed E-state index contributed by atoms with van der Waals surface area (Å²) < 4.78 is 42.7. The van der Waals surface area contributed by atoms with E-state index in [0.29, 0.717) is 0 Å². The molecule has 0 aliphatic rings. The molecule has 0 N–H and O–H groups in total. The zero-order valence-corrected chi connectivity index (χ0v) is 53.7. The van der Waals surface area contributed by atoms with Crippen LogP contribution >= 0.6 is 0 Å². The van der Waals surface area contributed by atoms with E-state index in [9.17, 15) is 0 Å². The molecular formula is C80H80O8. The molecule has 0 atom stereocenters. The molecule has 0 spiro atoms. The third-order valence-corrected chi connectivity index (χ3v) is 15.8. The van der Waals surface area contributed by atoms with Gasteiger partial charge in [-0.1, -0.05) is 90.5 Å². The molecule has 88 heavy (non-hydrogen) atoms. The SMILES string of the molecule is Cc1cc(C)c2ccoc2c1.Cc1cc(C)c2occc2c1.Cc1cc2cccc(C)c2o1.Cc1cc2ccoc2cc1C.Cc1ccc(C)c2occc12.Cc1ccc2c(C)coc2c1.Cc1ccc2ccoc2c1C.Cc1coc2c(C)cccc12. The lowest BCUT2D eigenvalue weighted by atomic mass is 10.1. The fourth-order valence-corrected chi connectivity index (χ4v) is 10.6. The van der Waals surface area contributed by atoms with Crippen LogP contribution in [0.2, 0.25) is 0 Å². The average Bonchev–Trinajstić information content (AvgIpc) is 4.47. The zero-order valence-electron chi connectivity index (χ0n) is 53.7. The van der Waals surface area contributed by atoms with Gasteiger partial charge in [-0.05, 0) is 255 Å². The van der Waals surface area contributed by atoms with Crippen LogP contribution in [0.4, 0.5) is 0 Å². The predicted octanol–water partition coefficient (Wildman–Crippen LogP) is 24.4. The summed E-state index contributed by atoms with van der Waals surface area (Å²) in [7, 11) is 0. The average molecular weight is 1170 g/mol. The third-order valence-electron chi connectivity index (χ3n) is 15.8. The molecule has 0 aliphatic carbocycles. The topological polar surface area (TPSA) is 105 Å². The summed E-state index contributed by atoms with van der Waals surface area (Å²) in [6, 6.07) is 51.8. The van der Waals surface area contributed by atoms with Gasteiger partial charge in [-0.3, -0.25) is 0 Å². The standard InChI is InChI=1S/8C10H10O/c1-7-5-9-3-4-11-10(9)6-8(7)2;1-7-5-8(2)9-3-4-11-10(9)6-7;1-7-5-8(2)10-9(6-7)3-4-11-10;1-7-3-4-9-8(2)6-11-10(9)5-7;1-7-3-4-9-5-6-11-10(9)8(7)2;1-7-3-4-8(2)10-9(7)5-6-11-10;1-7-4-3-5-9-8(2)6-11-10(7)9;1-7-4-3-5-9-6-8(2)11-10(7)9/h8*3-6H,1-2H3. The first-order valence-electron chi connectivity index (χ1n) is 29.8. The Morgan fingerprint density at radius 3 is 1.50 bits per heavy atom. The van der Waals surface area contributed by atoms with E-state index in [4.69, 9.17) is 35.3 Å². The number of hydrogen-bond donors (Lipinski definition) is 0. The Morgan fingerprint density at radius 1 is 0.227 bits per heavy atom. The largest absolute Gasteiger partial charge is 0.464 e. The molecule has 8 aromatic heterocycles. The number of para-hydroxylation sites is 2. The van der Waals surface area contributed by atoms with Gasteiger partial charge in [-0.15, -0.1) is 0 Å². The quantitative estimate of drug-likeness (QED) is 0.148. The van der Waals surface area contributed by atoms with E-state index in [0.717, 1.165) is 50.4 Å². The first-order valence-corrected chi connectivity index (χ1v) is 29.8. The van der Waals surface area contributed by atoms with Crippen LogP contribution < -0.4 is 0 Å². The fraction of sp³-hybridized carbons (Fsp3) is 0.200. The smallest absolute Gasteiger partial charge is 0.137 e. The Morgan fingerprint density at radius 2 is 0.739 bits per heavy atom. The van der Waals surface area contributed by atoms with Crippen molar-refractivity contribution in [2.75, 3.05) is 0 Å². The predicted molar refractivity (Wildman–Crippen MR) is 366 cm³/mol. The molecule has 16 aromatic rings. The molecule has 0 aliphatic heterocycles. The zero-order chi connectivity index (χ0) is 62.8. The minimum atomic E-state index is 0.980. The van der Waals surface area contributed by atoms with Gasteiger partial charge in [0.05, 0.1) is 43.8 Å². The molecule has 8 heteroatoms. The molecule has 0 unspecified atom stereocenters. The van der Waals surface area contributed by atoms with Crippen molar-refractivity contribution < 1.29 is 35.3 Å². The number of furan rings is 8. The molecule has 8 nitrogen and oxygen atoms in total. The summed E-state index contributed by atoms with van der Waals surface area (Å²) in [5, 5.41) is 9.66. The van der Waals surface area contributed by atoms with Crippen LogP contribution in [0.3, 0.4) is 0 Å². The second-order valence-electron chi connectivity index (χ2n) is 23.1. The Kier molecular flexibility index (Phi) is 20.0. The highest BCUT2D eigenvalue weighted by atomic mass is 16.3. The van der Waals surface area contributed by atoms with Crippen molar-refractivity contribution in [3.63, 3.8) is 0 Å². The van der Waals surface area contributed by atoms with E-state index in [1.165, 1.54) is 127 Å². The van der Waals surface area contributed by atoms with Crippen molar-refractivity contribution in [2.24, 2.45) is 0 Å². The lowest BCUT2D eigenvalue weighted by Crippen LogP contribution is -1.78. The van der Waals surface area contributed by atoms with Gasteiger partial charge in [0.25, 0.3) is 0 Å². The fourth-order valence-electron chi connectivity index (χ4n) is 10.6. The summed E-state index contributed by atoms with van der Waals surface area (Å²) in [6.45, 7) is 33.2. The van der Waals surface area contributed by atoms with E-state index in [2.05, 4.69) is 219 Å². The first kappa shape index (κ1) is 62.6. The molecule has 0 bridgehead atoms. The van der Waals surface area contributed by atoms with E-state index < -0.39 is 0 Å². The maximum absolute atomic E-state index is 5.50. The molecule has 8 heterocycles. The summed E-state index contributed by atoms with van der Waals surface area (Å²) in [4.78, 5) is 0. The summed E-state index contributed by atoms with van der Waals surface area (Å²) >= 11 is 0. The summed E-state index contributed by atoms with van der Waals surface area (Å²) in [5.74, 6) is 0.981. The second-order valence-corrected chi connectivity index (χ2v) is 23.1. The van der Waals surface area contributed by atoms with Gasteiger partial charge in [-0.2, -0.15) is 0 Å². The molecule has 0 fully saturated rings. The van der Waals surface area contributed by atoms with Crippen molar-refractivity contribution in [2.45, 2.75) is 111 Å². The van der Waals surface area contributed by atoms with Crippen LogP contribution in [0.15, 0.2) is 231 Å². The second kappa shape index (κ2) is 28.1. The van der Waals surface area contributed by atoms with Crippen LogP contribution in [0, 0.1) is 111 Å². The number of hydrogen-bond acceptors (Lipinski definition) is 8. The Bertz CT molecular complexity index is 4760. The van der Waals surface area contributed by atoms with Crippen LogP contribution in [-0.2, 0) is 0 Å². The van der Waals surface area contributed by atoms with Gasteiger partial charge in [-0.25, -0.2) is 0 Å². The van der Waals surface area contributed by atoms with Crippen molar-refractivity contribution >= 4 is 87.8 Å². The number of fused-ring (bicyclic) bond motifs is 8. The monoisotopic (exact) mass is 1170 g/mol. The molecular weight excluding hydrogens is 1090 g/mol. The Balaban J connectivity index is 0.000000120. The summed E-state index contributed by atoms with van der Waals surface area (Å²) in [5.41, 5.74) is 26.8. The van der Waals surface area contributed by atoms with Gasteiger partial charge in [0, 0.05) is 43.1 Å². The van der Waals surface area contributed by atoms with Crippen LogP contribution in [-0.4, -0.2) is 0 Å². The normalized spacial score (nSPS) is 10.7. The summed E-state index contributed by atoms with van der Waals surface area (Å²) in [6.07, 6.45) is 12.3. The van der Waals surface area contributed by atoms with Gasteiger partial charge in [0.15, 0.2) is 0 Å². The Hall–Kier alpha value is -9.92. The highest BCUT2D eigenvalue weighted by Gasteiger charge is 2.07. The highest BCUT2D eigenvalue weighted by Crippen LogP contribution is 2.28. The number of benzene rings is 8. The Labute approximate surface area is 516 Å². The van der Waals surface area contributed by atoms with Gasteiger partial charge < -0.3 is 35.3 Å². The van der Waals surface area contributed by atoms with Crippen molar-refractivity contribution in [1.82, 2.24) is 0 Å². The molecule has 0 saturated heterocycles. The minimum absolute atomic E-state index is 0.980. The van der Waals surface area contributed by atoms with Crippen molar-refractivity contribution in [3.8, 4) is 0 Å². The molecule has 0 radical (unpaired) electrons.